The zero-order valence-corrected chi connectivity index (χ0v) is 15.2. The molecule has 6 nitrogen and oxygen atoms in total. The fourth-order valence-corrected chi connectivity index (χ4v) is 3.43. The number of aliphatic hydroxyl groups is 1. The Labute approximate surface area is 160 Å². The summed E-state index contributed by atoms with van der Waals surface area (Å²) in [7, 11) is 0. The Bertz CT molecular complexity index is 964. The van der Waals surface area contributed by atoms with Gasteiger partial charge in [0, 0.05) is 0 Å². The lowest BCUT2D eigenvalue weighted by atomic mass is 10.1. The summed E-state index contributed by atoms with van der Waals surface area (Å²) in [5, 5.41) is 30.0. The van der Waals surface area contributed by atoms with Gasteiger partial charge >= 0.3 is 5.97 Å². The molecule has 0 saturated carbocycles. The standard InChI is InChI=1S/C20H17NO5S/c1-2-26-20(25)17-18(24)16(11-12-8-9-14(22)15(23)10-12)27-19(17)21-13-6-4-3-5-7-13/h3-11,22-24H,2H2,1H3/b16-11-,21-19?. The Morgan fingerprint density at radius 3 is 2.52 bits per heavy atom. The number of hydrogen-bond acceptors (Lipinski definition) is 7. The van der Waals surface area contributed by atoms with Crippen molar-refractivity contribution in [2.24, 2.45) is 4.99 Å². The van der Waals surface area contributed by atoms with Crippen molar-refractivity contribution < 1.29 is 24.9 Å². The Kier molecular flexibility index (Phi) is 5.52. The molecule has 0 saturated heterocycles. The van der Waals surface area contributed by atoms with Gasteiger partial charge in [-0.2, -0.15) is 0 Å². The maximum absolute atomic E-state index is 12.3. The van der Waals surface area contributed by atoms with Gasteiger partial charge in [-0.25, -0.2) is 9.79 Å². The highest BCUT2D eigenvalue weighted by Gasteiger charge is 2.33. The molecule has 0 fully saturated rings. The number of carbonyl (C=O) groups excluding carboxylic acids is 1. The number of rotatable bonds is 4. The van der Waals surface area contributed by atoms with Gasteiger partial charge in [-0.3, -0.25) is 0 Å². The van der Waals surface area contributed by atoms with Gasteiger partial charge in [0.1, 0.15) is 16.4 Å². The van der Waals surface area contributed by atoms with E-state index in [1.165, 1.54) is 12.1 Å². The van der Waals surface area contributed by atoms with E-state index >= 15 is 0 Å². The summed E-state index contributed by atoms with van der Waals surface area (Å²) < 4.78 is 5.05. The van der Waals surface area contributed by atoms with Crippen molar-refractivity contribution in [1.82, 2.24) is 0 Å². The van der Waals surface area contributed by atoms with Crippen LogP contribution in [0.4, 0.5) is 5.69 Å². The van der Waals surface area contributed by atoms with Gasteiger partial charge < -0.3 is 20.1 Å². The summed E-state index contributed by atoms with van der Waals surface area (Å²) in [6.07, 6.45) is 1.59. The first-order valence-electron chi connectivity index (χ1n) is 8.16. The molecule has 0 aliphatic carbocycles. The average Bonchev–Trinajstić information content (AvgIpc) is 2.94. The molecule has 0 bridgehead atoms. The molecule has 27 heavy (non-hydrogen) atoms. The predicted molar refractivity (Wildman–Crippen MR) is 105 cm³/mol. The lowest BCUT2D eigenvalue weighted by molar-refractivity contribution is -0.138. The van der Waals surface area contributed by atoms with Crippen LogP contribution in [0.25, 0.3) is 6.08 Å². The number of thioether (sulfide) groups is 1. The first-order chi connectivity index (χ1) is 13.0. The highest BCUT2D eigenvalue weighted by molar-refractivity contribution is 8.18. The number of hydrogen-bond donors (Lipinski definition) is 3. The van der Waals surface area contributed by atoms with Gasteiger partial charge in [-0.15, -0.1) is 0 Å². The SMILES string of the molecule is CCOC(=O)C1=C(O)/C(=C/c2ccc(O)c(O)c2)SC1=Nc1ccccc1. The summed E-state index contributed by atoms with van der Waals surface area (Å²) in [6.45, 7) is 1.85. The van der Waals surface area contributed by atoms with E-state index in [0.717, 1.165) is 11.8 Å². The van der Waals surface area contributed by atoms with Crippen LogP contribution in [0.15, 0.2) is 69.8 Å². The second-order valence-corrected chi connectivity index (χ2v) is 6.59. The number of esters is 1. The molecule has 3 rings (SSSR count). The van der Waals surface area contributed by atoms with E-state index in [1.54, 1.807) is 31.2 Å². The molecule has 0 atom stereocenters. The van der Waals surface area contributed by atoms with E-state index < -0.39 is 5.97 Å². The maximum atomic E-state index is 12.3. The number of nitrogens with zero attached hydrogens (tertiary/aromatic N) is 1. The number of aromatic hydroxyl groups is 2. The third kappa shape index (κ3) is 4.15. The quantitative estimate of drug-likeness (QED) is 0.538. The van der Waals surface area contributed by atoms with Crippen LogP contribution in [-0.4, -0.2) is 32.9 Å². The molecule has 1 heterocycles. The minimum atomic E-state index is -0.658. The summed E-state index contributed by atoms with van der Waals surface area (Å²) in [5.41, 5.74) is 1.18. The van der Waals surface area contributed by atoms with Gasteiger partial charge in [-0.05, 0) is 42.8 Å². The number of ether oxygens (including phenoxy) is 1. The first kappa shape index (κ1) is 18.6. The maximum Gasteiger partial charge on any atom is 0.344 e. The fourth-order valence-electron chi connectivity index (χ4n) is 2.39. The molecule has 3 N–H and O–H groups in total. The topological polar surface area (TPSA) is 99.4 Å². The van der Waals surface area contributed by atoms with Gasteiger partial charge in [0.25, 0.3) is 0 Å². The fraction of sp³-hybridized carbons (Fsp3) is 0.100. The average molecular weight is 383 g/mol. The smallest absolute Gasteiger partial charge is 0.344 e. The van der Waals surface area contributed by atoms with Crippen LogP contribution in [0.5, 0.6) is 11.5 Å². The summed E-state index contributed by atoms with van der Waals surface area (Å²) >= 11 is 1.12. The number of benzene rings is 2. The normalized spacial score (nSPS) is 16.9. The highest BCUT2D eigenvalue weighted by Crippen LogP contribution is 2.40. The minimum Gasteiger partial charge on any atom is -0.506 e. The molecule has 0 amide bonds. The Morgan fingerprint density at radius 1 is 1.11 bits per heavy atom. The minimum absolute atomic E-state index is 0.0000432. The predicted octanol–water partition coefficient (Wildman–Crippen LogP) is 4.29. The monoisotopic (exact) mass is 383 g/mol. The molecule has 0 spiro atoms. The van der Waals surface area contributed by atoms with E-state index in [1.807, 2.05) is 18.2 Å². The van der Waals surface area contributed by atoms with E-state index in [9.17, 15) is 20.1 Å². The molecule has 2 aromatic rings. The van der Waals surface area contributed by atoms with Crippen LogP contribution >= 0.6 is 11.8 Å². The Morgan fingerprint density at radius 2 is 1.85 bits per heavy atom. The molecular formula is C20H17NO5S. The Hall–Kier alpha value is -3.19. The second-order valence-electron chi connectivity index (χ2n) is 5.56. The molecule has 1 aliphatic heterocycles. The lowest BCUT2D eigenvalue weighted by Crippen LogP contribution is -2.12. The molecule has 1 aliphatic rings. The van der Waals surface area contributed by atoms with Gasteiger partial charge in [-0.1, -0.05) is 36.0 Å². The van der Waals surface area contributed by atoms with Crippen molar-refractivity contribution in [2.75, 3.05) is 6.61 Å². The van der Waals surface area contributed by atoms with E-state index in [2.05, 4.69) is 4.99 Å². The molecule has 138 valence electrons. The van der Waals surface area contributed by atoms with Gasteiger partial charge in [0.2, 0.25) is 0 Å². The van der Waals surface area contributed by atoms with Crippen molar-refractivity contribution in [3.8, 4) is 11.5 Å². The summed E-state index contributed by atoms with van der Waals surface area (Å²) in [6, 6.07) is 13.3. The van der Waals surface area contributed by atoms with Crippen LogP contribution in [0.2, 0.25) is 0 Å². The van der Waals surface area contributed by atoms with Crippen molar-refractivity contribution in [1.29, 1.82) is 0 Å². The number of carbonyl (C=O) groups is 1. The van der Waals surface area contributed by atoms with Crippen molar-refractivity contribution in [2.45, 2.75) is 6.92 Å². The number of aliphatic hydroxyl groups excluding tert-OH is 1. The molecule has 0 unspecified atom stereocenters. The molecule has 2 aromatic carbocycles. The molecular weight excluding hydrogens is 366 g/mol. The molecule has 0 radical (unpaired) electrons. The van der Waals surface area contributed by atoms with E-state index in [-0.39, 0.29) is 29.4 Å². The number of phenols is 2. The lowest BCUT2D eigenvalue weighted by Gasteiger charge is -2.03. The van der Waals surface area contributed by atoms with E-state index in [0.29, 0.717) is 21.2 Å². The zero-order valence-electron chi connectivity index (χ0n) is 14.4. The summed E-state index contributed by atoms with van der Waals surface area (Å²) in [4.78, 5) is 17.2. The Balaban J connectivity index is 2.04. The van der Waals surface area contributed by atoms with Crippen molar-refractivity contribution in [3.63, 3.8) is 0 Å². The van der Waals surface area contributed by atoms with Crippen LogP contribution in [-0.2, 0) is 9.53 Å². The van der Waals surface area contributed by atoms with Gasteiger partial charge in [0.05, 0.1) is 17.2 Å². The third-order valence-corrected chi connectivity index (χ3v) is 4.67. The van der Waals surface area contributed by atoms with Crippen molar-refractivity contribution in [3.05, 3.63) is 70.3 Å². The van der Waals surface area contributed by atoms with Crippen LogP contribution in [0, 0.1) is 0 Å². The van der Waals surface area contributed by atoms with Gasteiger partial charge in [0.15, 0.2) is 11.5 Å². The number of phenolic OH excluding ortho intramolecular Hbond substituents is 2. The largest absolute Gasteiger partial charge is 0.506 e. The van der Waals surface area contributed by atoms with Crippen LogP contribution < -0.4 is 0 Å². The summed E-state index contributed by atoms with van der Waals surface area (Å²) in [5.74, 6) is -1.41. The number of aliphatic imine (C=N–C) groups is 1. The van der Waals surface area contributed by atoms with Crippen molar-refractivity contribution >= 4 is 34.5 Å². The first-order valence-corrected chi connectivity index (χ1v) is 8.97. The second kappa shape index (κ2) is 8.01. The van der Waals surface area contributed by atoms with E-state index in [4.69, 9.17) is 4.74 Å². The number of para-hydroxylation sites is 1. The van der Waals surface area contributed by atoms with Crippen LogP contribution in [0.1, 0.15) is 12.5 Å². The highest BCUT2D eigenvalue weighted by atomic mass is 32.2. The van der Waals surface area contributed by atoms with Crippen LogP contribution in [0.3, 0.4) is 0 Å². The molecule has 0 aromatic heterocycles. The third-order valence-electron chi connectivity index (χ3n) is 3.65. The zero-order chi connectivity index (χ0) is 19.4. The molecule has 7 heteroatoms.